The fourth-order valence-corrected chi connectivity index (χ4v) is 1.33. The number of piperidine rings is 1. The molecule has 1 fully saturated rings. The molecular weight excluding hydrogens is 246 g/mol. The molecule has 1 rings (SSSR count). The van der Waals surface area contributed by atoms with Crippen LogP contribution in [0.2, 0.25) is 0 Å². The van der Waals surface area contributed by atoms with Crippen LogP contribution in [-0.2, 0) is 19.1 Å². The third kappa shape index (κ3) is 9.36. The van der Waals surface area contributed by atoms with Crippen molar-refractivity contribution in [3.05, 3.63) is 0 Å². The van der Waals surface area contributed by atoms with Gasteiger partial charge in [0.25, 0.3) is 0 Å². The van der Waals surface area contributed by atoms with Crippen molar-refractivity contribution < 1.29 is 19.1 Å². The van der Waals surface area contributed by atoms with Crippen molar-refractivity contribution in [3.8, 4) is 0 Å². The number of esters is 1. The molecule has 0 aliphatic carbocycles. The highest BCUT2D eigenvalue weighted by Gasteiger charge is 2.31. The molecule has 0 radical (unpaired) electrons. The molecule has 0 aromatic rings. The Hall–Kier alpha value is -1.23. The summed E-state index contributed by atoms with van der Waals surface area (Å²) in [6.07, 6.45) is 1.12. The third-order valence-electron chi connectivity index (χ3n) is 2.61. The number of carbonyl (C=O) groups is 3. The second kappa shape index (κ2) is 11.8. The van der Waals surface area contributed by atoms with Crippen molar-refractivity contribution in [1.82, 2.24) is 4.90 Å². The van der Waals surface area contributed by atoms with E-state index in [-0.39, 0.29) is 11.6 Å². The highest BCUT2D eigenvalue weighted by molar-refractivity contribution is 5.99. The molecule has 1 heterocycles. The summed E-state index contributed by atoms with van der Waals surface area (Å²) in [4.78, 5) is 34.0. The minimum absolute atomic E-state index is 0.0000463. The molecule has 0 N–H and O–H groups in total. The molecule has 19 heavy (non-hydrogen) atoms. The maximum Gasteiger partial charge on any atom is 0.317 e. The Bertz CT molecular complexity index is 281. The standard InChI is InChI=1S/C8H13NO3.C4H8O.C2H6/c1-9-4-3-7(10)6(5-9)8(11)12-2;1-3-4(2)5;1-2/h6H,3-5H2,1-2H3;3H2,1-2H3;1-2H3/t6-;;/m0../s1. The molecule has 0 aromatic heterocycles. The second-order valence-corrected chi connectivity index (χ2v) is 4.11. The molecule has 1 atom stereocenters. The van der Waals surface area contributed by atoms with Gasteiger partial charge < -0.3 is 14.4 Å². The Morgan fingerprint density at radius 2 is 1.84 bits per heavy atom. The Kier molecular flexibility index (Phi) is 12.5. The van der Waals surface area contributed by atoms with Crippen molar-refractivity contribution in [2.75, 3.05) is 27.2 Å². The Balaban J connectivity index is 0. The van der Waals surface area contributed by atoms with E-state index in [2.05, 4.69) is 4.74 Å². The summed E-state index contributed by atoms with van der Waals surface area (Å²) in [7, 11) is 3.20. The normalized spacial score (nSPS) is 18.4. The third-order valence-corrected chi connectivity index (χ3v) is 2.61. The van der Waals surface area contributed by atoms with Crippen LogP contribution in [0.5, 0.6) is 0 Å². The molecule has 0 aromatic carbocycles. The maximum absolute atomic E-state index is 11.2. The van der Waals surface area contributed by atoms with Crippen LogP contribution in [-0.4, -0.2) is 49.7 Å². The molecule has 0 bridgehead atoms. The first-order valence-electron chi connectivity index (χ1n) is 6.70. The first kappa shape index (κ1) is 20.1. The summed E-state index contributed by atoms with van der Waals surface area (Å²) in [5.74, 6) is -0.717. The molecule has 1 aliphatic heterocycles. The lowest BCUT2D eigenvalue weighted by Crippen LogP contribution is -2.42. The first-order chi connectivity index (χ1) is 8.92. The van der Waals surface area contributed by atoms with Gasteiger partial charge in [0.2, 0.25) is 0 Å². The van der Waals surface area contributed by atoms with Gasteiger partial charge in [-0.15, -0.1) is 0 Å². The van der Waals surface area contributed by atoms with Crippen LogP contribution in [0.4, 0.5) is 0 Å². The molecule has 0 unspecified atom stereocenters. The number of ketones is 2. The minimum atomic E-state index is -0.561. The largest absolute Gasteiger partial charge is 0.468 e. The zero-order valence-electron chi connectivity index (χ0n) is 13.0. The average Bonchev–Trinajstić information content (AvgIpc) is 2.43. The number of rotatable bonds is 2. The van der Waals surface area contributed by atoms with Crippen LogP contribution in [0.25, 0.3) is 0 Å². The van der Waals surface area contributed by atoms with Gasteiger partial charge in [0.05, 0.1) is 7.11 Å². The van der Waals surface area contributed by atoms with E-state index in [0.29, 0.717) is 19.4 Å². The summed E-state index contributed by atoms with van der Waals surface area (Å²) >= 11 is 0. The molecule has 1 aliphatic rings. The maximum atomic E-state index is 11.2. The van der Waals surface area contributed by atoms with Gasteiger partial charge in [-0.2, -0.15) is 0 Å². The molecule has 1 saturated heterocycles. The van der Waals surface area contributed by atoms with E-state index in [4.69, 9.17) is 0 Å². The zero-order valence-corrected chi connectivity index (χ0v) is 13.0. The zero-order chi connectivity index (χ0) is 15.4. The molecule has 5 nitrogen and oxygen atoms in total. The Morgan fingerprint density at radius 1 is 1.37 bits per heavy atom. The lowest BCUT2D eigenvalue weighted by Gasteiger charge is -2.26. The van der Waals surface area contributed by atoms with Crippen LogP contribution in [0.1, 0.15) is 40.5 Å². The summed E-state index contributed by atoms with van der Waals surface area (Å²) in [5.41, 5.74) is 0. The van der Waals surface area contributed by atoms with Gasteiger partial charge in [0.15, 0.2) is 0 Å². The number of hydrogen-bond acceptors (Lipinski definition) is 5. The minimum Gasteiger partial charge on any atom is -0.468 e. The number of carbonyl (C=O) groups excluding carboxylic acids is 3. The predicted octanol–water partition coefficient (Wildman–Crippen LogP) is 1.69. The molecule has 5 heteroatoms. The average molecular weight is 273 g/mol. The molecule has 0 amide bonds. The summed E-state index contributed by atoms with van der Waals surface area (Å²) < 4.78 is 4.52. The molecule has 0 spiro atoms. The smallest absolute Gasteiger partial charge is 0.317 e. The lowest BCUT2D eigenvalue weighted by molar-refractivity contribution is -0.151. The van der Waals surface area contributed by atoms with Crippen LogP contribution in [0.3, 0.4) is 0 Å². The van der Waals surface area contributed by atoms with Gasteiger partial charge in [-0.05, 0) is 14.0 Å². The lowest BCUT2D eigenvalue weighted by atomic mass is 9.97. The topological polar surface area (TPSA) is 63.7 Å². The van der Waals surface area contributed by atoms with E-state index in [1.165, 1.54) is 7.11 Å². The van der Waals surface area contributed by atoms with Gasteiger partial charge in [-0.3, -0.25) is 9.59 Å². The van der Waals surface area contributed by atoms with Crippen LogP contribution < -0.4 is 0 Å². The number of methoxy groups -OCH3 is 1. The summed E-state index contributed by atoms with van der Waals surface area (Å²) in [6.45, 7) is 8.67. The fourth-order valence-electron chi connectivity index (χ4n) is 1.33. The number of likely N-dealkylation sites (tertiary alicyclic amines) is 1. The molecule has 112 valence electrons. The Labute approximate surface area is 116 Å². The van der Waals surface area contributed by atoms with Gasteiger partial charge >= 0.3 is 5.97 Å². The molecular formula is C14H27NO4. The number of Topliss-reactive ketones (excluding diaryl/α,β-unsaturated/α-hetero) is 2. The van der Waals surface area contributed by atoms with Gasteiger partial charge in [-0.25, -0.2) is 0 Å². The van der Waals surface area contributed by atoms with Gasteiger partial charge in [-0.1, -0.05) is 20.8 Å². The molecule has 0 saturated carbocycles. The number of hydrogen-bond donors (Lipinski definition) is 0. The van der Waals surface area contributed by atoms with E-state index in [1.54, 1.807) is 6.92 Å². The second-order valence-electron chi connectivity index (χ2n) is 4.11. The van der Waals surface area contributed by atoms with E-state index in [0.717, 1.165) is 6.54 Å². The van der Waals surface area contributed by atoms with Crippen molar-refractivity contribution in [3.63, 3.8) is 0 Å². The highest BCUT2D eigenvalue weighted by Crippen LogP contribution is 2.12. The van der Waals surface area contributed by atoms with E-state index < -0.39 is 11.9 Å². The van der Waals surface area contributed by atoms with E-state index in [9.17, 15) is 14.4 Å². The highest BCUT2D eigenvalue weighted by atomic mass is 16.5. The van der Waals surface area contributed by atoms with Gasteiger partial charge in [0.1, 0.15) is 17.5 Å². The van der Waals surface area contributed by atoms with Crippen molar-refractivity contribution >= 4 is 17.5 Å². The quantitative estimate of drug-likeness (QED) is 0.566. The van der Waals surface area contributed by atoms with Gasteiger partial charge in [0, 0.05) is 25.9 Å². The van der Waals surface area contributed by atoms with Crippen LogP contribution in [0, 0.1) is 5.92 Å². The summed E-state index contributed by atoms with van der Waals surface area (Å²) in [5, 5.41) is 0. The van der Waals surface area contributed by atoms with Crippen LogP contribution >= 0.6 is 0 Å². The van der Waals surface area contributed by atoms with Crippen molar-refractivity contribution in [2.45, 2.75) is 40.5 Å². The monoisotopic (exact) mass is 273 g/mol. The van der Waals surface area contributed by atoms with Crippen LogP contribution in [0.15, 0.2) is 0 Å². The van der Waals surface area contributed by atoms with E-state index in [1.807, 2.05) is 32.7 Å². The summed E-state index contributed by atoms with van der Waals surface area (Å²) in [6, 6.07) is 0. The first-order valence-corrected chi connectivity index (χ1v) is 6.70. The number of nitrogens with zero attached hydrogens (tertiary/aromatic N) is 1. The van der Waals surface area contributed by atoms with E-state index >= 15 is 0 Å². The van der Waals surface area contributed by atoms with Crippen molar-refractivity contribution in [1.29, 1.82) is 0 Å². The SMILES string of the molecule is CC.CCC(C)=O.COC(=O)[C@H]1CN(C)CCC1=O. The fraction of sp³-hybridized carbons (Fsp3) is 0.786. The number of ether oxygens (including phenoxy) is 1. The predicted molar refractivity (Wildman–Crippen MR) is 74.9 cm³/mol. The Morgan fingerprint density at radius 3 is 2.21 bits per heavy atom. The van der Waals surface area contributed by atoms with Crippen molar-refractivity contribution in [2.24, 2.45) is 5.92 Å².